The molecule has 90 valence electrons. The second kappa shape index (κ2) is 4.29. The summed E-state index contributed by atoms with van der Waals surface area (Å²) in [6, 6.07) is 6.19. The molecule has 5 heteroatoms. The van der Waals surface area contributed by atoms with E-state index in [1.165, 1.54) is 0 Å². The highest BCUT2D eigenvalue weighted by Gasteiger charge is 2.41. The quantitative estimate of drug-likeness (QED) is 0.800. The number of amides is 1. The number of carbonyl (C=O) groups is 1. The van der Waals surface area contributed by atoms with Gasteiger partial charge in [-0.2, -0.15) is 0 Å². The van der Waals surface area contributed by atoms with Gasteiger partial charge in [0.2, 0.25) is 5.91 Å². The Labute approximate surface area is 109 Å². The van der Waals surface area contributed by atoms with E-state index < -0.39 is 0 Å². The molecule has 0 saturated carbocycles. The molecule has 17 heavy (non-hydrogen) atoms. The van der Waals surface area contributed by atoms with Crippen molar-refractivity contribution in [3.05, 3.63) is 22.8 Å². The largest absolute Gasteiger partial charge is 0.354 e. The molecular formula is C12H14BrN3O. The van der Waals surface area contributed by atoms with Crippen molar-refractivity contribution < 1.29 is 4.79 Å². The molecule has 1 aromatic rings. The van der Waals surface area contributed by atoms with E-state index in [-0.39, 0.29) is 17.9 Å². The summed E-state index contributed by atoms with van der Waals surface area (Å²) < 4.78 is 0.842. The van der Waals surface area contributed by atoms with Gasteiger partial charge >= 0.3 is 0 Å². The minimum Gasteiger partial charge on any atom is -0.354 e. The first-order valence-corrected chi connectivity index (χ1v) is 6.72. The molecule has 2 unspecified atom stereocenters. The average Bonchev–Trinajstić information content (AvgIpc) is 2.71. The number of anilines is 1. The fraction of sp³-hybridized carbons (Fsp3) is 0.500. The molecule has 1 aromatic heterocycles. The Bertz CT molecular complexity index is 451. The molecule has 2 fully saturated rings. The Balaban J connectivity index is 1.90. The fourth-order valence-corrected chi connectivity index (χ4v) is 3.13. The molecule has 0 spiro atoms. The first kappa shape index (κ1) is 11.0. The monoisotopic (exact) mass is 295 g/mol. The van der Waals surface area contributed by atoms with E-state index in [2.05, 4.69) is 31.1 Å². The maximum absolute atomic E-state index is 11.7. The lowest BCUT2D eigenvalue weighted by molar-refractivity contribution is -0.122. The van der Waals surface area contributed by atoms with Crippen molar-refractivity contribution >= 4 is 27.7 Å². The summed E-state index contributed by atoms with van der Waals surface area (Å²) in [7, 11) is 0. The Hall–Kier alpha value is -1.10. The van der Waals surface area contributed by atoms with Crippen LogP contribution in [0.1, 0.15) is 12.8 Å². The second-order valence-corrected chi connectivity index (χ2v) is 5.39. The van der Waals surface area contributed by atoms with E-state index in [0.29, 0.717) is 0 Å². The minimum atomic E-state index is 0.143. The SMILES string of the molecule is O=C1NCC2C1CCCN2c1cccc(Br)n1. The number of hydrogen-bond acceptors (Lipinski definition) is 3. The molecule has 2 aliphatic rings. The Kier molecular flexibility index (Phi) is 2.78. The Morgan fingerprint density at radius 1 is 1.47 bits per heavy atom. The van der Waals surface area contributed by atoms with Crippen molar-refractivity contribution in [2.45, 2.75) is 18.9 Å². The van der Waals surface area contributed by atoms with Crippen molar-refractivity contribution in [1.82, 2.24) is 10.3 Å². The van der Waals surface area contributed by atoms with Gasteiger partial charge in [-0.15, -0.1) is 0 Å². The zero-order valence-corrected chi connectivity index (χ0v) is 11.0. The van der Waals surface area contributed by atoms with E-state index in [0.717, 1.165) is 36.4 Å². The second-order valence-electron chi connectivity index (χ2n) is 4.57. The number of piperidine rings is 1. The third kappa shape index (κ3) is 1.92. The summed E-state index contributed by atoms with van der Waals surface area (Å²) in [6.07, 6.45) is 2.06. The van der Waals surface area contributed by atoms with Gasteiger partial charge in [0.15, 0.2) is 0 Å². The summed E-state index contributed by atoms with van der Waals surface area (Å²) in [5, 5.41) is 2.96. The molecular weight excluding hydrogens is 282 g/mol. The first-order valence-electron chi connectivity index (χ1n) is 5.92. The predicted octanol–water partition coefficient (Wildman–Crippen LogP) is 1.56. The topological polar surface area (TPSA) is 45.2 Å². The summed E-state index contributed by atoms with van der Waals surface area (Å²) in [5.41, 5.74) is 0. The fourth-order valence-electron chi connectivity index (χ4n) is 2.79. The van der Waals surface area contributed by atoms with Gasteiger partial charge in [0.1, 0.15) is 10.4 Å². The number of aromatic nitrogens is 1. The molecule has 2 aliphatic heterocycles. The minimum absolute atomic E-state index is 0.143. The summed E-state index contributed by atoms with van der Waals surface area (Å²) >= 11 is 3.39. The lowest BCUT2D eigenvalue weighted by Gasteiger charge is -2.36. The van der Waals surface area contributed by atoms with Crippen LogP contribution in [-0.4, -0.2) is 30.0 Å². The zero-order chi connectivity index (χ0) is 11.8. The van der Waals surface area contributed by atoms with Gasteiger partial charge < -0.3 is 10.2 Å². The first-order chi connectivity index (χ1) is 8.25. The smallest absolute Gasteiger partial charge is 0.225 e. The molecule has 2 atom stereocenters. The van der Waals surface area contributed by atoms with Crippen LogP contribution in [0, 0.1) is 5.92 Å². The molecule has 4 nitrogen and oxygen atoms in total. The van der Waals surface area contributed by atoms with Crippen LogP contribution in [0.3, 0.4) is 0 Å². The number of hydrogen-bond donors (Lipinski definition) is 1. The Morgan fingerprint density at radius 2 is 2.35 bits per heavy atom. The van der Waals surface area contributed by atoms with Crippen LogP contribution in [0.15, 0.2) is 22.8 Å². The van der Waals surface area contributed by atoms with Gasteiger partial charge in [-0.25, -0.2) is 4.98 Å². The van der Waals surface area contributed by atoms with E-state index in [9.17, 15) is 4.79 Å². The van der Waals surface area contributed by atoms with Gasteiger partial charge in [-0.05, 0) is 40.9 Å². The van der Waals surface area contributed by atoms with E-state index >= 15 is 0 Å². The third-order valence-electron chi connectivity index (χ3n) is 3.60. The van der Waals surface area contributed by atoms with Crippen LogP contribution in [0.25, 0.3) is 0 Å². The molecule has 2 saturated heterocycles. The molecule has 0 bridgehead atoms. The lowest BCUT2D eigenvalue weighted by atomic mass is 9.91. The third-order valence-corrected chi connectivity index (χ3v) is 4.04. The van der Waals surface area contributed by atoms with Gasteiger partial charge in [0, 0.05) is 13.1 Å². The number of carbonyl (C=O) groups excluding carboxylic acids is 1. The van der Waals surface area contributed by atoms with E-state index in [1.54, 1.807) is 0 Å². The Morgan fingerprint density at radius 3 is 3.18 bits per heavy atom. The summed E-state index contributed by atoms with van der Waals surface area (Å²) in [4.78, 5) is 18.4. The lowest BCUT2D eigenvalue weighted by Crippen LogP contribution is -2.46. The maximum Gasteiger partial charge on any atom is 0.225 e. The maximum atomic E-state index is 11.7. The van der Waals surface area contributed by atoms with Crippen LogP contribution < -0.4 is 10.2 Å². The van der Waals surface area contributed by atoms with Crippen LogP contribution in [0.5, 0.6) is 0 Å². The molecule has 1 amide bonds. The van der Waals surface area contributed by atoms with Crippen molar-refractivity contribution in [2.75, 3.05) is 18.0 Å². The highest BCUT2D eigenvalue weighted by atomic mass is 79.9. The predicted molar refractivity (Wildman–Crippen MR) is 68.8 cm³/mol. The molecule has 3 rings (SSSR count). The van der Waals surface area contributed by atoms with Gasteiger partial charge in [0.05, 0.1) is 12.0 Å². The average molecular weight is 296 g/mol. The van der Waals surface area contributed by atoms with Crippen LogP contribution in [-0.2, 0) is 4.79 Å². The summed E-state index contributed by atoms with van der Waals surface area (Å²) in [6.45, 7) is 1.73. The molecule has 0 aromatic carbocycles. The normalized spacial score (nSPS) is 27.8. The molecule has 0 aliphatic carbocycles. The van der Waals surface area contributed by atoms with Crippen molar-refractivity contribution in [2.24, 2.45) is 5.92 Å². The van der Waals surface area contributed by atoms with E-state index in [1.807, 2.05) is 18.2 Å². The number of halogens is 1. The van der Waals surface area contributed by atoms with Crippen LogP contribution in [0.4, 0.5) is 5.82 Å². The summed E-state index contributed by atoms with van der Waals surface area (Å²) in [5.74, 6) is 1.31. The van der Waals surface area contributed by atoms with Gasteiger partial charge in [0.25, 0.3) is 0 Å². The highest BCUT2D eigenvalue weighted by molar-refractivity contribution is 9.10. The standard InChI is InChI=1S/C12H14BrN3O/c13-10-4-1-5-11(15-10)16-6-2-3-8-9(16)7-14-12(8)17/h1,4-5,8-9H,2-3,6-7H2,(H,14,17). The van der Waals surface area contributed by atoms with Crippen molar-refractivity contribution in [1.29, 1.82) is 0 Å². The van der Waals surface area contributed by atoms with Crippen LogP contribution in [0.2, 0.25) is 0 Å². The van der Waals surface area contributed by atoms with Gasteiger partial charge in [-0.3, -0.25) is 4.79 Å². The molecule has 3 heterocycles. The van der Waals surface area contributed by atoms with Gasteiger partial charge in [-0.1, -0.05) is 6.07 Å². The van der Waals surface area contributed by atoms with Crippen molar-refractivity contribution in [3.8, 4) is 0 Å². The van der Waals surface area contributed by atoms with Crippen LogP contribution >= 0.6 is 15.9 Å². The number of pyridine rings is 1. The number of rotatable bonds is 1. The zero-order valence-electron chi connectivity index (χ0n) is 9.40. The molecule has 1 N–H and O–H groups in total. The highest BCUT2D eigenvalue weighted by Crippen LogP contribution is 2.30. The number of nitrogens with one attached hydrogen (secondary N) is 1. The number of fused-ring (bicyclic) bond motifs is 1. The van der Waals surface area contributed by atoms with Crippen molar-refractivity contribution in [3.63, 3.8) is 0 Å². The number of nitrogens with zero attached hydrogens (tertiary/aromatic N) is 2. The van der Waals surface area contributed by atoms with E-state index in [4.69, 9.17) is 0 Å². The molecule has 0 radical (unpaired) electrons.